The lowest BCUT2D eigenvalue weighted by Gasteiger charge is -2.28. The molecule has 0 unspecified atom stereocenters. The highest BCUT2D eigenvalue weighted by Gasteiger charge is 2.10. The third-order valence-electron chi connectivity index (χ3n) is 1.65. The van der Waals surface area contributed by atoms with E-state index in [2.05, 4.69) is 65.4 Å². The summed E-state index contributed by atoms with van der Waals surface area (Å²) in [7, 11) is -0.512. The number of hydrogen-bond donors (Lipinski definition) is 0. The molecule has 0 aromatic heterocycles. The zero-order chi connectivity index (χ0) is 8.32. The highest BCUT2D eigenvalue weighted by Crippen LogP contribution is 2.50. The molecule has 0 spiro atoms. The summed E-state index contributed by atoms with van der Waals surface area (Å²) in [6, 6.07) is 10.8. The fourth-order valence-electron chi connectivity index (χ4n) is 0.852. The van der Waals surface area contributed by atoms with Crippen molar-refractivity contribution in [3.63, 3.8) is 0 Å². The Bertz CT molecular complexity index is 218. The van der Waals surface area contributed by atoms with E-state index in [0.29, 0.717) is 0 Å². The molecule has 0 radical (unpaired) electrons. The van der Waals surface area contributed by atoms with Gasteiger partial charge < -0.3 is 0 Å². The molecule has 0 aliphatic heterocycles. The molecular weight excluding hydrogens is 267 g/mol. The van der Waals surface area contributed by atoms with Gasteiger partial charge >= 0.3 is 0 Å². The Labute approximate surface area is 83.8 Å². The maximum Gasteiger partial charge on any atom is 0.0330 e. The van der Waals surface area contributed by atoms with Crippen LogP contribution in [0.25, 0.3) is 0 Å². The molecule has 0 aliphatic carbocycles. The van der Waals surface area contributed by atoms with Gasteiger partial charge in [-0.2, -0.15) is 0 Å². The second kappa shape index (κ2) is 3.81. The Morgan fingerprint density at radius 2 is 1.73 bits per heavy atom. The number of rotatable bonds is 2. The van der Waals surface area contributed by atoms with Gasteiger partial charge in [0.25, 0.3) is 0 Å². The number of alkyl halides is 1. The summed E-state index contributed by atoms with van der Waals surface area (Å²) >= 11 is 2.47. The Hall–Kier alpha value is 0.300. The lowest BCUT2D eigenvalue weighted by atomic mass is 10.4. The van der Waals surface area contributed by atoms with Gasteiger partial charge in [0.1, 0.15) is 0 Å². The molecule has 1 aromatic rings. The minimum Gasteiger partial charge on any atom is -0.211 e. The van der Waals surface area contributed by atoms with E-state index < -0.39 is 10.0 Å². The highest BCUT2D eigenvalue weighted by molar-refractivity contribution is 14.1. The molecule has 1 aromatic carbocycles. The van der Waals surface area contributed by atoms with Gasteiger partial charge in [0, 0.05) is 3.76 Å². The van der Waals surface area contributed by atoms with E-state index >= 15 is 0 Å². The van der Waals surface area contributed by atoms with Crippen LogP contribution in [0.15, 0.2) is 35.2 Å². The van der Waals surface area contributed by atoms with Gasteiger partial charge in [-0.25, -0.2) is 10.0 Å². The van der Waals surface area contributed by atoms with E-state index in [1.54, 1.807) is 0 Å². The molecule has 0 N–H and O–H groups in total. The summed E-state index contributed by atoms with van der Waals surface area (Å²) in [5, 5.41) is 0. The van der Waals surface area contributed by atoms with Crippen LogP contribution < -0.4 is 0 Å². The van der Waals surface area contributed by atoms with Crippen molar-refractivity contribution >= 4 is 32.6 Å². The molecule has 0 aliphatic rings. The first-order chi connectivity index (χ1) is 5.17. The lowest BCUT2D eigenvalue weighted by molar-refractivity contribution is 1.44. The summed E-state index contributed by atoms with van der Waals surface area (Å²) in [5.41, 5.74) is 0. The van der Waals surface area contributed by atoms with Crippen molar-refractivity contribution in [1.82, 2.24) is 0 Å². The standard InChI is InChI=1S/C9H13IS/c1-11(2,8-10)9-6-4-3-5-7-9/h3-7H,8H2,1-2H3. The van der Waals surface area contributed by atoms with E-state index in [9.17, 15) is 0 Å². The van der Waals surface area contributed by atoms with Crippen LogP contribution in [0.2, 0.25) is 0 Å². The second-order valence-corrected chi connectivity index (χ2v) is 8.59. The molecule has 11 heavy (non-hydrogen) atoms. The van der Waals surface area contributed by atoms with E-state index in [-0.39, 0.29) is 0 Å². The van der Waals surface area contributed by atoms with Gasteiger partial charge in [-0.1, -0.05) is 52.9 Å². The number of benzene rings is 1. The van der Waals surface area contributed by atoms with Gasteiger partial charge in [-0.3, -0.25) is 0 Å². The average molecular weight is 280 g/mol. The third kappa shape index (κ3) is 2.37. The minimum absolute atomic E-state index is 0.512. The van der Waals surface area contributed by atoms with E-state index in [0.717, 1.165) is 0 Å². The van der Waals surface area contributed by atoms with E-state index in [1.807, 2.05) is 0 Å². The van der Waals surface area contributed by atoms with Crippen LogP contribution in [0, 0.1) is 0 Å². The zero-order valence-corrected chi connectivity index (χ0v) is 9.85. The Kier molecular flexibility index (Phi) is 3.25. The van der Waals surface area contributed by atoms with Crippen molar-refractivity contribution in [2.45, 2.75) is 4.90 Å². The van der Waals surface area contributed by atoms with Crippen LogP contribution in [0.4, 0.5) is 0 Å². The first kappa shape index (κ1) is 9.39. The average Bonchev–Trinajstić information content (AvgIpc) is 2.06. The van der Waals surface area contributed by atoms with Crippen molar-refractivity contribution in [3.05, 3.63) is 30.3 Å². The highest BCUT2D eigenvalue weighted by atomic mass is 127. The smallest absolute Gasteiger partial charge is 0.0330 e. The maximum absolute atomic E-state index is 2.47. The van der Waals surface area contributed by atoms with Gasteiger partial charge in [-0.15, -0.1) is 0 Å². The summed E-state index contributed by atoms with van der Waals surface area (Å²) < 4.78 is 1.24. The van der Waals surface area contributed by atoms with Crippen molar-refractivity contribution in [1.29, 1.82) is 0 Å². The topological polar surface area (TPSA) is 0 Å². The second-order valence-electron chi connectivity index (χ2n) is 2.96. The molecule has 0 amide bonds. The summed E-state index contributed by atoms with van der Waals surface area (Å²) in [5.74, 6) is 0. The largest absolute Gasteiger partial charge is 0.211 e. The van der Waals surface area contributed by atoms with Crippen molar-refractivity contribution < 1.29 is 0 Å². The van der Waals surface area contributed by atoms with Gasteiger partial charge in [-0.05, 0) is 17.4 Å². The van der Waals surface area contributed by atoms with Crippen LogP contribution in [0.3, 0.4) is 0 Å². The molecule has 0 heterocycles. The molecule has 0 bridgehead atoms. The van der Waals surface area contributed by atoms with Crippen LogP contribution in [0.1, 0.15) is 0 Å². The van der Waals surface area contributed by atoms with Crippen LogP contribution >= 0.6 is 32.6 Å². The third-order valence-corrected chi connectivity index (χ3v) is 8.42. The molecule has 1 rings (SSSR count). The summed E-state index contributed by atoms with van der Waals surface area (Å²) in [6.45, 7) is 0. The fourth-order valence-corrected chi connectivity index (χ4v) is 2.95. The monoisotopic (exact) mass is 280 g/mol. The lowest BCUT2D eigenvalue weighted by Crippen LogP contribution is -1.95. The van der Waals surface area contributed by atoms with Crippen LogP contribution in [-0.2, 0) is 0 Å². The summed E-state index contributed by atoms with van der Waals surface area (Å²) in [6.07, 6.45) is 4.71. The first-order valence-electron chi connectivity index (χ1n) is 3.49. The van der Waals surface area contributed by atoms with Crippen molar-refractivity contribution in [2.75, 3.05) is 16.3 Å². The van der Waals surface area contributed by atoms with Gasteiger partial charge in [0.15, 0.2) is 0 Å². The van der Waals surface area contributed by atoms with Crippen molar-refractivity contribution in [3.8, 4) is 0 Å². The van der Waals surface area contributed by atoms with Gasteiger partial charge in [0.2, 0.25) is 0 Å². The molecule has 0 nitrogen and oxygen atoms in total. The van der Waals surface area contributed by atoms with Crippen molar-refractivity contribution in [2.24, 2.45) is 0 Å². The van der Waals surface area contributed by atoms with Crippen LogP contribution in [0.5, 0.6) is 0 Å². The Morgan fingerprint density at radius 1 is 1.18 bits per heavy atom. The fraction of sp³-hybridized carbons (Fsp3) is 0.333. The van der Waals surface area contributed by atoms with E-state index in [1.165, 1.54) is 8.66 Å². The predicted molar refractivity (Wildman–Crippen MR) is 63.0 cm³/mol. The number of halogens is 1. The maximum atomic E-state index is 2.47. The first-order valence-corrected chi connectivity index (χ1v) is 7.63. The Balaban J connectivity index is 2.93. The van der Waals surface area contributed by atoms with E-state index in [4.69, 9.17) is 0 Å². The molecule has 0 atom stereocenters. The molecule has 2 heteroatoms. The van der Waals surface area contributed by atoms with Gasteiger partial charge in [0.05, 0.1) is 0 Å². The van der Waals surface area contributed by atoms with Crippen LogP contribution in [-0.4, -0.2) is 16.3 Å². The zero-order valence-electron chi connectivity index (χ0n) is 6.88. The number of hydrogen-bond acceptors (Lipinski definition) is 0. The quantitative estimate of drug-likeness (QED) is 0.574. The molecule has 0 saturated carbocycles. The predicted octanol–water partition coefficient (Wildman–Crippen LogP) is 3.50. The SMILES string of the molecule is CS(C)(CI)c1ccccc1. The Morgan fingerprint density at radius 3 is 2.18 bits per heavy atom. The molecule has 62 valence electrons. The molecule has 0 saturated heterocycles. The molecule has 0 fully saturated rings. The molecular formula is C9H13IS. The minimum atomic E-state index is -0.512. The summed E-state index contributed by atoms with van der Waals surface area (Å²) in [4.78, 5) is 1.51. The normalized spacial score (nSPS) is 13.0.